The van der Waals surface area contributed by atoms with Crippen molar-refractivity contribution in [2.75, 3.05) is 0 Å². The van der Waals surface area contributed by atoms with Crippen LogP contribution < -0.4 is 0 Å². The molecule has 1 nitrogen and oxygen atoms in total. The number of carbonyl (C=O) groups excluding carboxylic acids is 1. The lowest BCUT2D eigenvalue weighted by molar-refractivity contribution is -0.104. The molecule has 0 aliphatic heterocycles. The highest BCUT2D eigenvalue weighted by atomic mass is 35.5. The van der Waals surface area contributed by atoms with Gasteiger partial charge in [-0.25, -0.2) is 0 Å². The second-order valence-corrected chi connectivity index (χ2v) is 4.28. The molecule has 0 aliphatic carbocycles. The second kappa shape index (κ2) is 6.58. The third-order valence-corrected chi connectivity index (χ3v) is 2.76. The van der Waals surface area contributed by atoms with Gasteiger partial charge < -0.3 is 0 Å². The topological polar surface area (TPSA) is 17.1 Å². The van der Waals surface area contributed by atoms with Crippen LogP contribution in [0.4, 0.5) is 0 Å². The Morgan fingerprint density at radius 3 is 2.32 bits per heavy atom. The molecule has 0 amide bonds. The van der Waals surface area contributed by atoms with Crippen LogP contribution in [0.1, 0.15) is 11.1 Å². The summed E-state index contributed by atoms with van der Waals surface area (Å²) in [5, 5.41) is 0.658. The summed E-state index contributed by atoms with van der Waals surface area (Å²) in [5.41, 5.74) is 2.46. The number of benzene rings is 2. The molecule has 0 N–H and O–H groups in total. The molecule has 2 aromatic rings. The van der Waals surface area contributed by atoms with Gasteiger partial charge in [-0.2, -0.15) is 0 Å². The van der Waals surface area contributed by atoms with E-state index >= 15 is 0 Å². The molecule has 0 spiro atoms. The van der Waals surface area contributed by atoms with Crippen molar-refractivity contribution in [3.63, 3.8) is 0 Å². The Bertz CT molecular complexity index is 643. The van der Waals surface area contributed by atoms with Gasteiger partial charge in [0, 0.05) is 16.2 Å². The predicted octanol–water partition coefficient (Wildman–Crippen LogP) is 3.97. The van der Waals surface area contributed by atoms with E-state index in [-0.39, 0.29) is 0 Å². The van der Waals surface area contributed by atoms with Gasteiger partial charge in [0.2, 0.25) is 0 Å². The van der Waals surface area contributed by atoms with Gasteiger partial charge >= 0.3 is 0 Å². The third-order valence-electron chi connectivity index (χ3n) is 2.51. The summed E-state index contributed by atoms with van der Waals surface area (Å²) in [6, 6.07) is 16.9. The maximum Gasteiger partial charge on any atom is 0.144 e. The lowest BCUT2D eigenvalue weighted by Crippen LogP contribution is -1.82. The van der Waals surface area contributed by atoms with Crippen LogP contribution in [0.2, 0.25) is 5.02 Å². The fourth-order valence-corrected chi connectivity index (χ4v) is 1.69. The van der Waals surface area contributed by atoms with Crippen LogP contribution >= 0.6 is 11.6 Å². The summed E-state index contributed by atoms with van der Waals surface area (Å²) in [6.07, 6.45) is 2.20. The van der Waals surface area contributed by atoms with Crippen LogP contribution in [0, 0.1) is 11.8 Å². The van der Waals surface area contributed by atoms with Gasteiger partial charge in [0.25, 0.3) is 0 Å². The quantitative estimate of drug-likeness (QED) is 0.457. The number of aldehydes is 1. The molecule has 0 fully saturated rings. The minimum atomic E-state index is 0.658. The van der Waals surface area contributed by atoms with Crippen LogP contribution in [0.25, 0.3) is 5.57 Å². The van der Waals surface area contributed by atoms with Crippen molar-refractivity contribution in [1.29, 1.82) is 0 Å². The van der Waals surface area contributed by atoms with Gasteiger partial charge in [0.05, 0.1) is 0 Å². The first kappa shape index (κ1) is 13.1. The highest BCUT2D eigenvalue weighted by Crippen LogP contribution is 2.16. The maximum absolute atomic E-state index is 10.7. The number of allylic oxidation sites excluding steroid dienone is 2. The summed E-state index contributed by atoms with van der Waals surface area (Å²) in [5.74, 6) is 6.04. The predicted molar refractivity (Wildman–Crippen MR) is 78.8 cm³/mol. The van der Waals surface area contributed by atoms with E-state index < -0.39 is 0 Å². The zero-order valence-corrected chi connectivity index (χ0v) is 10.9. The largest absolute Gasteiger partial charge is 0.299 e. The minimum absolute atomic E-state index is 0.658. The van der Waals surface area contributed by atoms with Gasteiger partial charge in [-0.1, -0.05) is 53.8 Å². The molecule has 0 radical (unpaired) electrons. The molecular weight excluding hydrogens is 256 g/mol. The molecule has 0 aromatic heterocycles. The molecule has 2 aromatic carbocycles. The van der Waals surface area contributed by atoms with Gasteiger partial charge in [-0.3, -0.25) is 4.79 Å². The van der Waals surface area contributed by atoms with Crippen molar-refractivity contribution in [2.24, 2.45) is 0 Å². The van der Waals surface area contributed by atoms with E-state index in [1.54, 1.807) is 12.1 Å². The van der Waals surface area contributed by atoms with Crippen molar-refractivity contribution >= 4 is 23.5 Å². The van der Waals surface area contributed by atoms with Crippen molar-refractivity contribution in [2.45, 2.75) is 0 Å². The molecule has 0 heterocycles. The summed E-state index contributed by atoms with van der Waals surface area (Å²) in [6.45, 7) is 0. The van der Waals surface area contributed by atoms with Crippen LogP contribution in [0.5, 0.6) is 0 Å². The first-order valence-corrected chi connectivity index (χ1v) is 6.16. The fourth-order valence-electron chi connectivity index (χ4n) is 1.57. The Kier molecular flexibility index (Phi) is 4.55. The Hall–Kier alpha value is -2.30. The molecule has 0 saturated carbocycles. The first-order chi connectivity index (χ1) is 9.29. The monoisotopic (exact) mass is 266 g/mol. The second-order valence-electron chi connectivity index (χ2n) is 3.84. The summed E-state index contributed by atoms with van der Waals surface area (Å²) >= 11 is 5.84. The average Bonchev–Trinajstić information content (AvgIpc) is 2.46. The Morgan fingerprint density at radius 1 is 1.00 bits per heavy atom. The van der Waals surface area contributed by atoms with Crippen LogP contribution in [0.15, 0.2) is 60.7 Å². The lowest BCUT2D eigenvalue weighted by atomic mass is 10.1. The summed E-state index contributed by atoms with van der Waals surface area (Å²) in [4.78, 5) is 10.7. The SMILES string of the molecule is O=C/C=C(/C#Cc1ccccc1)c1ccc(Cl)cc1. The van der Waals surface area contributed by atoms with Gasteiger partial charge in [-0.15, -0.1) is 0 Å². The zero-order chi connectivity index (χ0) is 13.5. The summed E-state index contributed by atoms with van der Waals surface area (Å²) < 4.78 is 0. The van der Waals surface area contributed by atoms with E-state index in [0.29, 0.717) is 10.6 Å². The molecular formula is C17H11ClO. The highest BCUT2D eigenvalue weighted by molar-refractivity contribution is 6.30. The molecule has 92 valence electrons. The van der Waals surface area contributed by atoms with Gasteiger partial charge in [-0.05, 0) is 35.9 Å². The number of carbonyl (C=O) groups is 1. The van der Waals surface area contributed by atoms with Crippen molar-refractivity contribution < 1.29 is 4.79 Å². The van der Waals surface area contributed by atoms with E-state index in [9.17, 15) is 4.79 Å². The number of hydrogen-bond acceptors (Lipinski definition) is 1. The summed E-state index contributed by atoms with van der Waals surface area (Å²) in [7, 11) is 0. The first-order valence-electron chi connectivity index (χ1n) is 5.78. The number of halogens is 1. The molecule has 0 atom stereocenters. The zero-order valence-electron chi connectivity index (χ0n) is 10.1. The Balaban J connectivity index is 2.33. The molecule has 0 aliphatic rings. The molecule has 2 heteroatoms. The van der Waals surface area contributed by atoms with Crippen LogP contribution in [-0.4, -0.2) is 6.29 Å². The molecule has 0 saturated heterocycles. The van der Waals surface area contributed by atoms with Gasteiger partial charge in [0.1, 0.15) is 6.29 Å². The van der Waals surface area contributed by atoms with Crippen LogP contribution in [-0.2, 0) is 4.79 Å². The van der Waals surface area contributed by atoms with E-state index in [1.165, 1.54) is 6.08 Å². The molecule has 2 rings (SSSR count). The smallest absolute Gasteiger partial charge is 0.144 e. The van der Waals surface area contributed by atoms with Crippen molar-refractivity contribution in [3.05, 3.63) is 76.8 Å². The van der Waals surface area contributed by atoms with Crippen molar-refractivity contribution in [3.8, 4) is 11.8 Å². The maximum atomic E-state index is 10.7. The minimum Gasteiger partial charge on any atom is -0.299 e. The Labute approximate surface area is 117 Å². The molecule has 0 unspecified atom stereocenters. The average molecular weight is 267 g/mol. The van der Waals surface area contributed by atoms with E-state index in [0.717, 1.165) is 17.4 Å². The van der Waals surface area contributed by atoms with Gasteiger partial charge in [0.15, 0.2) is 0 Å². The van der Waals surface area contributed by atoms with Crippen LogP contribution in [0.3, 0.4) is 0 Å². The fraction of sp³-hybridized carbons (Fsp3) is 0. The Morgan fingerprint density at radius 2 is 1.68 bits per heavy atom. The lowest BCUT2D eigenvalue weighted by Gasteiger charge is -1.99. The molecule has 19 heavy (non-hydrogen) atoms. The third kappa shape index (κ3) is 3.84. The number of rotatable bonds is 2. The van der Waals surface area contributed by atoms with E-state index in [1.807, 2.05) is 42.5 Å². The normalized spacial score (nSPS) is 10.5. The highest BCUT2D eigenvalue weighted by Gasteiger charge is 1.98. The standard InChI is InChI=1S/C17H11ClO/c18-17-10-8-15(9-11-17)16(12-13-19)7-6-14-4-2-1-3-5-14/h1-5,8-13H/b16-12-. The number of hydrogen-bond donors (Lipinski definition) is 0. The van der Waals surface area contributed by atoms with E-state index in [2.05, 4.69) is 11.8 Å². The van der Waals surface area contributed by atoms with E-state index in [4.69, 9.17) is 11.6 Å². The van der Waals surface area contributed by atoms with Crippen molar-refractivity contribution in [1.82, 2.24) is 0 Å². The molecule has 0 bridgehead atoms.